The fourth-order valence-corrected chi connectivity index (χ4v) is 4.96. The van der Waals surface area contributed by atoms with Crippen LogP contribution in [0.25, 0.3) is 0 Å². The highest BCUT2D eigenvalue weighted by Gasteiger charge is 2.63. The zero-order chi connectivity index (χ0) is 15.9. The molecule has 2 aromatic carbocycles. The minimum atomic E-state index is -3.74. The predicted molar refractivity (Wildman–Crippen MR) is 77.7 cm³/mol. The van der Waals surface area contributed by atoms with E-state index in [9.17, 15) is 22.7 Å². The van der Waals surface area contributed by atoms with Crippen molar-refractivity contribution in [2.24, 2.45) is 5.92 Å². The Kier molecular flexibility index (Phi) is 3.48. The first-order valence-electron chi connectivity index (χ1n) is 6.70. The van der Waals surface area contributed by atoms with E-state index in [0.29, 0.717) is 5.56 Å². The number of halogens is 1. The van der Waals surface area contributed by atoms with E-state index in [0.717, 1.165) is 0 Å². The normalized spacial score (nSPS) is 24.0. The molecule has 1 fully saturated rings. The Morgan fingerprint density at radius 1 is 1.00 bits per heavy atom. The van der Waals surface area contributed by atoms with Crippen molar-refractivity contribution in [3.8, 4) is 0 Å². The van der Waals surface area contributed by atoms with Crippen molar-refractivity contribution >= 4 is 15.8 Å². The van der Waals surface area contributed by atoms with Crippen molar-refractivity contribution in [1.82, 2.24) is 0 Å². The van der Waals surface area contributed by atoms with Crippen LogP contribution in [0.15, 0.2) is 59.5 Å². The number of carboxylic acids is 1. The maximum absolute atomic E-state index is 13.0. The van der Waals surface area contributed by atoms with Gasteiger partial charge in [0.15, 0.2) is 9.84 Å². The number of hydrogen-bond donors (Lipinski definition) is 1. The lowest BCUT2D eigenvalue weighted by molar-refractivity contribution is -0.138. The summed E-state index contributed by atoms with van der Waals surface area (Å²) >= 11 is 0. The topological polar surface area (TPSA) is 71.4 Å². The van der Waals surface area contributed by atoms with Crippen LogP contribution in [0.2, 0.25) is 0 Å². The maximum atomic E-state index is 13.0. The molecule has 0 bridgehead atoms. The Balaban J connectivity index is 1.99. The Morgan fingerprint density at radius 2 is 1.59 bits per heavy atom. The molecule has 0 aromatic heterocycles. The van der Waals surface area contributed by atoms with Gasteiger partial charge in [-0.15, -0.1) is 0 Å². The minimum Gasteiger partial charge on any atom is -0.481 e. The average Bonchev–Trinajstić information content (AvgIpc) is 3.25. The van der Waals surface area contributed by atoms with E-state index in [-0.39, 0.29) is 4.90 Å². The van der Waals surface area contributed by atoms with Crippen molar-refractivity contribution in [2.75, 3.05) is 0 Å². The summed E-state index contributed by atoms with van der Waals surface area (Å²) in [5.74, 6) is -3.25. The lowest BCUT2D eigenvalue weighted by Gasteiger charge is -2.03. The number of hydrogen-bond acceptors (Lipinski definition) is 3. The van der Waals surface area contributed by atoms with E-state index in [4.69, 9.17) is 0 Å². The SMILES string of the molecule is O=C(O)[C@H]1[C@@H](c2ccc(F)cc2)[C@@H]1S(=O)(=O)c1ccccc1. The molecule has 0 saturated heterocycles. The van der Waals surface area contributed by atoms with E-state index in [1.54, 1.807) is 18.2 Å². The predicted octanol–water partition coefficient (Wildman–Crippen LogP) is 2.47. The first kappa shape index (κ1) is 14.7. The van der Waals surface area contributed by atoms with E-state index >= 15 is 0 Å². The number of sulfone groups is 1. The molecule has 0 spiro atoms. The van der Waals surface area contributed by atoms with Crippen molar-refractivity contribution in [2.45, 2.75) is 16.1 Å². The molecule has 1 aliphatic carbocycles. The third-order valence-electron chi connectivity index (χ3n) is 3.92. The Morgan fingerprint density at radius 3 is 2.14 bits per heavy atom. The van der Waals surface area contributed by atoms with Crippen LogP contribution in [0.5, 0.6) is 0 Å². The molecule has 2 aromatic rings. The van der Waals surface area contributed by atoms with Crippen LogP contribution in [-0.4, -0.2) is 24.7 Å². The Hall–Kier alpha value is -2.21. The van der Waals surface area contributed by atoms with Gasteiger partial charge in [-0.25, -0.2) is 12.8 Å². The van der Waals surface area contributed by atoms with Gasteiger partial charge in [0.1, 0.15) is 5.82 Å². The molecule has 114 valence electrons. The van der Waals surface area contributed by atoms with Gasteiger partial charge in [0.25, 0.3) is 0 Å². The van der Waals surface area contributed by atoms with Crippen LogP contribution < -0.4 is 0 Å². The van der Waals surface area contributed by atoms with Gasteiger partial charge < -0.3 is 5.11 Å². The second-order valence-corrected chi connectivity index (χ2v) is 7.37. The highest BCUT2D eigenvalue weighted by Crippen LogP contribution is 2.54. The molecule has 22 heavy (non-hydrogen) atoms. The molecule has 3 rings (SSSR count). The van der Waals surface area contributed by atoms with Gasteiger partial charge >= 0.3 is 5.97 Å². The number of rotatable bonds is 4. The molecule has 0 heterocycles. The standard InChI is InChI=1S/C16H13FO4S/c17-11-8-6-10(7-9-11)13-14(16(18)19)15(13)22(20,21)12-4-2-1-3-5-12/h1-9,13-15H,(H,18,19)/t13-,14+,15+/m1/s1. The van der Waals surface area contributed by atoms with Crippen LogP contribution in [0.3, 0.4) is 0 Å². The average molecular weight is 320 g/mol. The summed E-state index contributed by atoms with van der Waals surface area (Å²) in [5, 5.41) is 8.27. The fourth-order valence-electron chi connectivity index (χ4n) is 2.81. The monoisotopic (exact) mass is 320 g/mol. The molecule has 6 heteroatoms. The van der Waals surface area contributed by atoms with E-state index < -0.39 is 38.7 Å². The molecule has 1 aliphatic rings. The molecule has 0 amide bonds. The second kappa shape index (κ2) is 5.21. The zero-order valence-corrected chi connectivity index (χ0v) is 12.2. The van der Waals surface area contributed by atoms with Gasteiger partial charge in [0, 0.05) is 5.92 Å². The van der Waals surface area contributed by atoms with Gasteiger partial charge in [-0.3, -0.25) is 4.79 Å². The summed E-state index contributed by atoms with van der Waals surface area (Å²) in [6.07, 6.45) is 0. The van der Waals surface area contributed by atoms with Gasteiger partial charge in [-0.05, 0) is 29.8 Å². The summed E-state index contributed by atoms with van der Waals surface area (Å²) in [6.45, 7) is 0. The number of benzene rings is 2. The number of carboxylic acid groups (broad SMARTS) is 1. The maximum Gasteiger partial charge on any atom is 0.308 e. The Bertz CT molecular complexity index is 800. The lowest BCUT2D eigenvalue weighted by atomic mass is 10.1. The van der Waals surface area contributed by atoms with Gasteiger partial charge in [-0.2, -0.15) is 0 Å². The lowest BCUT2D eigenvalue weighted by Crippen LogP contribution is -2.13. The van der Waals surface area contributed by atoms with E-state index in [2.05, 4.69) is 0 Å². The highest BCUT2D eigenvalue weighted by atomic mass is 32.2. The van der Waals surface area contributed by atoms with E-state index in [1.807, 2.05) is 0 Å². The largest absolute Gasteiger partial charge is 0.481 e. The molecular weight excluding hydrogens is 307 g/mol. The quantitative estimate of drug-likeness (QED) is 0.939. The Labute approximate surface area is 127 Å². The van der Waals surface area contributed by atoms with Crippen LogP contribution in [-0.2, 0) is 14.6 Å². The van der Waals surface area contributed by atoms with Crippen molar-refractivity contribution < 1.29 is 22.7 Å². The van der Waals surface area contributed by atoms with Crippen molar-refractivity contribution in [3.05, 3.63) is 66.0 Å². The molecule has 0 aliphatic heterocycles. The highest BCUT2D eigenvalue weighted by molar-refractivity contribution is 7.92. The second-order valence-electron chi connectivity index (χ2n) is 5.26. The van der Waals surface area contributed by atoms with Crippen LogP contribution in [0.1, 0.15) is 11.5 Å². The van der Waals surface area contributed by atoms with Gasteiger partial charge in [0.05, 0.1) is 16.1 Å². The van der Waals surface area contributed by atoms with Crippen molar-refractivity contribution in [1.29, 1.82) is 0 Å². The molecule has 0 unspecified atom stereocenters. The summed E-state index contributed by atoms with van der Waals surface area (Å²) in [6, 6.07) is 13.1. The zero-order valence-electron chi connectivity index (χ0n) is 11.4. The van der Waals surface area contributed by atoms with Crippen LogP contribution in [0, 0.1) is 11.7 Å². The fraction of sp³-hybridized carbons (Fsp3) is 0.188. The minimum absolute atomic E-state index is 0.107. The third kappa shape index (κ3) is 2.39. The molecule has 4 nitrogen and oxygen atoms in total. The van der Waals surface area contributed by atoms with Crippen LogP contribution >= 0.6 is 0 Å². The molecular formula is C16H13FO4S. The summed E-state index contributed by atoms with van der Waals surface area (Å²) < 4.78 is 38.2. The first-order valence-corrected chi connectivity index (χ1v) is 8.25. The van der Waals surface area contributed by atoms with Crippen LogP contribution in [0.4, 0.5) is 4.39 Å². The molecule has 1 saturated carbocycles. The van der Waals surface area contributed by atoms with E-state index in [1.165, 1.54) is 36.4 Å². The van der Waals surface area contributed by atoms with Crippen molar-refractivity contribution in [3.63, 3.8) is 0 Å². The summed E-state index contributed by atoms with van der Waals surface area (Å²) in [5.41, 5.74) is 0.526. The summed E-state index contributed by atoms with van der Waals surface area (Å²) in [4.78, 5) is 11.5. The number of aliphatic carboxylic acids is 1. The molecule has 3 atom stereocenters. The molecule has 0 radical (unpaired) electrons. The van der Waals surface area contributed by atoms with Gasteiger partial charge in [0.2, 0.25) is 0 Å². The third-order valence-corrected chi connectivity index (χ3v) is 6.16. The molecule has 1 N–H and O–H groups in total. The summed E-state index contributed by atoms with van der Waals surface area (Å²) in [7, 11) is -3.74. The first-order chi connectivity index (χ1) is 10.4. The smallest absolute Gasteiger partial charge is 0.308 e. The number of carbonyl (C=O) groups is 1. The van der Waals surface area contributed by atoms with Gasteiger partial charge in [-0.1, -0.05) is 30.3 Å².